The zero-order valence-corrected chi connectivity index (χ0v) is 20.1. The molecule has 7 heteroatoms. The summed E-state index contributed by atoms with van der Waals surface area (Å²) >= 11 is 0. The lowest BCUT2D eigenvalue weighted by Gasteiger charge is -2.41. The van der Waals surface area contributed by atoms with Crippen molar-refractivity contribution in [3.8, 4) is 5.75 Å². The van der Waals surface area contributed by atoms with Gasteiger partial charge in [0.2, 0.25) is 0 Å². The van der Waals surface area contributed by atoms with E-state index in [0.717, 1.165) is 72.8 Å². The first-order valence-electron chi connectivity index (χ1n) is 12.0. The second-order valence-corrected chi connectivity index (χ2v) is 9.39. The Morgan fingerprint density at radius 2 is 2.00 bits per heavy atom. The summed E-state index contributed by atoms with van der Waals surface area (Å²) < 4.78 is 20.1. The first-order chi connectivity index (χ1) is 16.4. The first kappa shape index (κ1) is 22.6. The van der Waals surface area contributed by atoms with E-state index < -0.39 is 0 Å². The number of hydrogen-bond donors (Lipinski definition) is 0. The quantitative estimate of drug-likeness (QED) is 0.569. The number of rotatable bonds is 5. The second-order valence-electron chi connectivity index (χ2n) is 9.39. The van der Waals surface area contributed by atoms with Crippen LogP contribution < -0.4 is 14.5 Å². The number of pyridine rings is 1. The summed E-state index contributed by atoms with van der Waals surface area (Å²) in [6.45, 7) is 7.89. The second kappa shape index (κ2) is 9.22. The highest BCUT2D eigenvalue weighted by Gasteiger charge is 2.26. The van der Waals surface area contributed by atoms with Crippen molar-refractivity contribution in [3.05, 3.63) is 59.5 Å². The third kappa shape index (κ3) is 4.32. The number of ether oxygens (including phenoxy) is 1. The van der Waals surface area contributed by atoms with Gasteiger partial charge >= 0.3 is 0 Å². The van der Waals surface area contributed by atoms with Crippen LogP contribution in [0.2, 0.25) is 0 Å². The number of likely N-dealkylation sites (N-methyl/N-ethyl adjacent to an activating group) is 1. The van der Waals surface area contributed by atoms with Crippen molar-refractivity contribution in [2.45, 2.75) is 32.7 Å². The predicted molar refractivity (Wildman–Crippen MR) is 133 cm³/mol. The number of anilines is 2. The molecule has 5 rings (SSSR count). The molecule has 0 radical (unpaired) electrons. The number of nitrogens with zero attached hydrogens (tertiary/aromatic N) is 4. The monoisotopic (exact) mass is 462 g/mol. The van der Waals surface area contributed by atoms with E-state index in [1.54, 1.807) is 18.0 Å². The molecule has 2 aliphatic rings. The maximum atomic E-state index is 14.3. The standard InChI is InChI=1S/C27H31FN4O2/c1-18-9-10-22-23(29-18)14-21(28)15-25(22)32-13-12-31(19(2)16-32)11-5-7-20-6-4-8-24-27(20)34-17-26(33)30(24)3/h4,6,8-10,14-15,19H,5,7,11-13,16-17H2,1-3H3/t19-/m1/s1. The highest BCUT2D eigenvalue weighted by atomic mass is 19.1. The summed E-state index contributed by atoms with van der Waals surface area (Å²) in [5.41, 5.74) is 4.54. The Balaban J connectivity index is 1.23. The maximum Gasteiger partial charge on any atom is 0.264 e. The number of aromatic nitrogens is 1. The third-order valence-corrected chi connectivity index (χ3v) is 7.04. The van der Waals surface area contributed by atoms with E-state index in [9.17, 15) is 9.18 Å². The molecule has 6 nitrogen and oxygen atoms in total. The van der Waals surface area contributed by atoms with Crippen LogP contribution >= 0.6 is 0 Å². The van der Waals surface area contributed by atoms with Crippen LogP contribution in [0.15, 0.2) is 42.5 Å². The Labute approximate surface area is 199 Å². The topological polar surface area (TPSA) is 48.9 Å². The van der Waals surface area contributed by atoms with Crippen molar-refractivity contribution in [1.82, 2.24) is 9.88 Å². The molecule has 1 atom stereocenters. The van der Waals surface area contributed by atoms with E-state index in [-0.39, 0.29) is 18.3 Å². The molecule has 0 bridgehead atoms. The fourth-order valence-electron chi connectivity index (χ4n) is 5.13. The van der Waals surface area contributed by atoms with Gasteiger partial charge in [-0.25, -0.2) is 4.39 Å². The van der Waals surface area contributed by atoms with Crippen molar-refractivity contribution in [2.75, 3.05) is 49.6 Å². The zero-order chi connectivity index (χ0) is 23.8. The summed E-state index contributed by atoms with van der Waals surface area (Å²) in [7, 11) is 1.80. The van der Waals surface area contributed by atoms with Crippen molar-refractivity contribution >= 4 is 28.2 Å². The summed E-state index contributed by atoms with van der Waals surface area (Å²) in [5.74, 6) is 0.578. The summed E-state index contributed by atoms with van der Waals surface area (Å²) in [5, 5.41) is 1.00. The van der Waals surface area contributed by atoms with Crippen molar-refractivity contribution in [2.24, 2.45) is 0 Å². The lowest BCUT2D eigenvalue weighted by Crippen LogP contribution is -2.52. The molecule has 1 aromatic heterocycles. The van der Waals surface area contributed by atoms with Crippen LogP contribution in [0.4, 0.5) is 15.8 Å². The van der Waals surface area contributed by atoms with E-state index in [1.165, 1.54) is 6.07 Å². The minimum absolute atomic E-state index is 0.0201. The summed E-state index contributed by atoms with van der Waals surface area (Å²) in [6, 6.07) is 13.6. The molecule has 34 heavy (non-hydrogen) atoms. The van der Waals surface area contributed by atoms with Crippen LogP contribution in [0.1, 0.15) is 24.6 Å². The van der Waals surface area contributed by atoms with Gasteiger partial charge in [0.15, 0.2) is 6.61 Å². The number of aryl methyl sites for hydroxylation is 2. The van der Waals surface area contributed by atoms with Crippen molar-refractivity contribution < 1.29 is 13.9 Å². The van der Waals surface area contributed by atoms with Gasteiger partial charge in [-0.05, 0) is 63.1 Å². The Bertz CT molecular complexity index is 1230. The number of para-hydroxylation sites is 1. The molecular weight excluding hydrogens is 431 g/mol. The number of halogens is 1. The molecule has 3 heterocycles. The Morgan fingerprint density at radius 1 is 1.15 bits per heavy atom. The lowest BCUT2D eigenvalue weighted by molar-refractivity contribution is -0.121. The van der Waals surface area contributed by atoms with E-state index in [0.29, 0.717) is 11.6 Å². The van der Waals surface area contributed by atoms with Gasteiger partial charge in [-0.3, -0.25) is 14.7 Å². The van der Waals surface area contributed by atoms with Gasteiger partial charge in [-0.2, -0.15) is 0 Å². The molecular formula is C27H31FN4O2. The van der Waals surface area contributed by atoms with Crippen LogP contribution in [0, 0.1) is 12.7 Å². The molecule has 3 aromatic rings. The largest absolute Gasteiger partial charge is 0.481 e. The Kier molecular flexibility index (Phi) is 6.13. The highest BCUT2D eigenvalue weighted by Crippen LogP contribution is 2.35. The van der Waals surface area contributed by atoms with E-state index in [1.807, 2.05) is 25.1 Å². The third-order valence-electron chi connectivity index (χ3n) is 7.04. The van der Waals surface area contributed by atoms with Gasteiger partial charge in [0.25, 0.3) is 5.91 Å². The van der Waals surface area contributed by atoms with E-state index in [2.05, 4.69) is 33.8 Å². The lowest BCUT2D eigenvalue weighted by atomic mass is 10.0. The average molecular weight is 463 g/mol. The van der Waals surface area contributed by atoms with Crippen LogP contribution in [0.25, 0.3) is 10.9 Å². The molecule has 0 aliphatic carbocycles. The minimum Gasteiger partial charge on any atom is -0.481 e. The Morgan fingerprint density at radius 3 is 2.82 bits per heavy atom. The summed E-state index contributed by atoms with van der Waals surface area (Å²) in [6.07, 6.45) is 1.91. The van der Waals surface area contributed by atoms with Crippen molar-refractivity contribution in [3.63, 3.8) is 0 Å². The van der Waals surface area contributed by atoms with Crippen LogP contribution in [-0.2, 0) is 11.2 Å². The first-order valence-corrected chi connectivity index (χ1v) is 12.0. The fourth-order valence-corrected chi connectivity index (χ4v) is 5.13. The SMILES string of the molecule is Cc1ccc2c(N3CCN(CCCc4cccc5c4OCC(=O)N5C)[C@H](C)C3)cc(F)cc2n1. The number of carbonyl (C=O) groups excluding carboxylic acids is 1. The number of fused-ring (bicyclic) bond motifs is 2. The van der Waals surface area contributed by atoms with E-state index >= 15 is 0 Å². The fraction of sp³-hybridized carbons (Fsp3) is 0.407. The number of carbonyl (C=O) groups is 1. The molecule has 1 fully saturated rings. The van der Waals surface area contributed by atoms with E-state index in [4.69, 9.17) is 4.74 Å². The molecule has 0 spiro atoms. The predicted octanol–water partition coefficient (Wildman–Crippen LogP) is 4.18. The van der Waals surface area contributed by atoms with Gasteiger partial charge in [0.1, 0.15) is 11.6 Å². The van der Waals surface area contributed by atoms with Gasteiger partial charge < -0.3 is 14.5 Å². The van der Waals surface area contributed by atoms with Gasteiger partial charge in [0, 0.05) is 55.6 Å². The molecule has 0 unspecified atom stereocenters. The number of piperazine rings is 1. The summed E-state index contributed by atoms with van der Waals surface area (Å²) in [4.78, 5) is 22.9. The zero-order valence-electron chi connectivity index (χ0n) is 20.1. The maximum absolute atomic E-state index is 14.3. The van der Waals surface area contributed by atoms with Crippen LogP contribution in [-0.4, -0.2) is 61.7 Å². The van der Waals surface area contributed by atoms with Gasteiger partial charge in [0.05, 0.1) is 11.2 Å². The molecule has 1 saturated heterocycles. The number of benzene rings is 2. The van der Waals surface area contributed by atoms with Gasteiger partial charge in [-0.1, -0.05) is 12.1 Å². The molecule has 1 amide bonds. The van der Waals surface area contributed by atoms with Crippen LogP contribution in [0.3, 0.4) is 0 Å². The Hall–Kier alpha value is -3.19. The minimum atomic E-state index is -0.239. The normalized spacial score (nSPS) is 18.8. The molecule has 2 aliphatic heterocycles. The number of amides is 1. The molecule has 178 valence electrons. The van der Waals surface area contributed by atoms with Crippen LogP contribution in [0.5, 0.6) is 5.75 Å². The average Bonchev–Trinajstić information content (AvgIpc) is 2.82. The highest BCUT2D eigenvalue weighted by molar-refractivity contribution is 5.97. The molecule has 2 aromatic carbocycles. The smallest absolute Gasteiger partial charge is 0.264 e. The number of hydrogen-bond acceptors (Lipinski definition) is 5. The molecule has 0 saturated carbocycles. The van der Waals surface area contributed by atoms with Gasteiger partial charge in [-0.15, -0.1) is 0 Å². The van der Waals surface area contributed by atoms with Crippen molar-refractivity contribution in [1.29, 1.82) is 0 Å². The molecule has 0 N–H and O–H groups in total.